The molecule has 0 aromatic heterocycles. The van der Waals surface area contributed by atoms with Crippen LogP contribution in [0.1, 0.15) is 42.1 Å². The maximum absolute atomic E-state index is 12.4. The number of rotatable bonds is 4. The molecular formula is C20H23N3O3. The summed E-state index contributed by atoms with van der Waals surface area (Å²) in [5, 5.41) is 13.7. The number of carbonyl (C=O) groups excluding carboxylic acids is 1. The van der Waals surface area contributed by atoms with Gasteiger partial charge in [0, 0.05) is 41.2 Å². The van der Waals surface area contributed by atoms with Gasteiger partial charge in [-0.15, -0.1) is 0 Å². The number of nitro groups is 1. The van der Waals surface area contributed by atoms with E-state index in [1.165, 1.54) is 43.1 Å². The zero-order valence-corrected chi connectivity index (χ0v) is 15.1. The number of carbonyl (C=O) groups is 1. The largest absolute Gasteiger partial charge is 0.369 e. The van der Waals surface area contributed by atoms with Gasteiger partial charge in [-0.1, -0.05) is 0 Å². The van der Waals surface area contributed by atoms with Crippen LogP contribution in [0.25, 0.3) is 0 Å². The average molecular weight is 353 g/mol. The fourth-order valence-electron chi connectivity index (χ4n) is 3.42. The van der Waals surface area contributed by atoms with Crippen LogP contribution in [-0.4, -0.2) is 23.4 Å². The molecule has 0 spiro atoms. The van der Waals surface area contributed by atoms with E-state index in [0.29, 0.717) is 22.9 Å². The normalized spacial score (nSPS) is 17.0. The van der Waals surface area contributed by atoms with Gasteiger partial charge >= 0.3 is 0 Å². The maximum Gasteiger partial charge on any atom is 0.272 e. The first-order valence-corrected chi connectivity index (χ1v) is 8.89. The van der Waals surface area contributed by atoms with Gasteiger partial charge in [0.2, 0.25) is 0 Å². The third-order valence-electron chi connectivity index (χ3n) is 4.92. The molecule has 1 aliphatic heterocycles. The molecule has 1 atom stereocenters. The van der Waals surface area contributed by atoms with Crippen LogP contribution in [0.4, 0.5) is 17.1 Å². The highest BCUT2D eigenvalue weighted by Crippen LogP contribution is 2.26. The summed E-state index contributed by atoms with van der Waals surface area (Å²) < 4.78 is 0. The number of piperidine rings is 1. The molecule has 26 heavy (non-hydrogen) atoms. The standard InChI is InChI=1S/C20H23N3O3/c1-14-13-16(6-11-19(14)23(25)26)20(24)21-17-7-9-18(10-8-17)22-12-4-3-5-15(22)2/h6-11,13,15H,3-5,12H2,1-2H3,(H,21,24)/t15-/m0/s1. The van der Waals surface area contributed by atoms with Crippen molar-refractivity contribution in [2.75, 3.05) is 16.8 Å². The zero-order chi connectivity index (χ0) is 18.7. The van der Waals surface area contributed by atoms with E-state index in [1.54, 1.807) is 6.92 Å². The number of benzene rings is 2. The van der Waals surface area contributed by atoms with E-state index in [4.69, 9.17) is 0 Å². The second kappa shape index (κ2) is 7.56. The van der Waals surface area contributed by atoms with Crippen molar-refractivity contribution in [2.24, 2.45) is 0 Å². The van der Waals surface area contributed by atoms with Crippen LogP contribution in [0.2, 0.25) is 0 Å². The molecule has 1 amide bonds. The van der Waals surface area contributed by atoms with Gasteiger partial charge in [0.25, 0.3) is 11.6 Å². The van der Waals surface area contributed by atoms with Gasteiger partial charge in [0.05, 0.1) is 4.92 Å². The Bertz CT molecular complexity index is 818. The second-order valence-corrected chi connectivity index (χ2v) is 6.80. The third-order valence-corrected chi connectivity index (χ3v) is 4.92. The van der Waals surface area contributed by atoms with E-state index in [1.807, 2.05) is 24.3 Å². The average Bonchev–Trinajstić information content (AvgIpc) is 2.62. The van der Waals surface area contributed by atoms with Gasteiger partial charge in [-0.3, -0.25) is 14.9 Å². The topological polar surface area (TPSA) is 75.5 Å². The highest BCUT2D eigenvalue weighted by Gasteiger charge is 2.18. The Morgan fingerprint density at radius 2 is 1.92 bits per heavy atom. The molecule has 6 heteroatoms. The number of aryl methyl sites for hydroxylation is 1. The molecule has 0 saturated carbocycles. The van der Waals surface area contributed by atoms with Crippen LogP contribution >= 0.6 is 0 Å². The molecule has 1 N–H and O–H groups in total. The quantitative estimate of drug-likeness (QED) is 0.647. The lowest BCUT2D eigenvalue weighted by atomic mass is 10.0. The summed E-state index contributed by atoms with van der Waals surface area (Å²) in [4.78, 5) is 25.2. The van der Waals surface area contributed by atoms with Crippen molar-refractivity contribution in [3.8, 4) is 0 Å². The lowest BCUT2D eigenvalue weighted by molar-refractivity contribution is -0.385. The molecule has 136 valence electrons. The number of nitrogens with zero attached hydrogens (tertiary/aromatic N) is 2. The van der Waals surface area contributed by atoms with Crippen molar-refractivity contribution in [2.45, 2.75) is 39.2 Å². The molecular weight excluding hydrogens is 330 g/mol. The number of anilines is 2. The Morgan fingerprint density at radius 1 is 1.19 bits per heavy atom. The minimum absolute atomic E-state index is 0.0153. The summed E-state index contributed by atoms with van der Waals surface area (Å²) in [7, 11) is 0. The van der Waals surface area contributed by atoms with E-state index in [-0.39, 0.29) is 11.6 Å². The lowest BCUT2D eigenvalue weighted by Gasteiger charge is -2.35. The summed E-state index contributed by atoms with van der Waals surface area (Å²) >= 11 is 0. The summed E-state index contributed by atoms with van der Waals surface area (Å²) in [6, 6.07) is 12.8. The van der Waals surface area contributed by atoms with E-state index in [0.717, 1.165) is 6.54 Å². The summed E-state index contributed by atoms with van der Waals surface area (Å²) in [5.74, 6) is -0.276. The molecule has 1 aliphatic rings. The first-order chi connectivity index (χ1) is 12.5. The second-order valence-electron chi connectivity index (χ2n) is 6.80. The van der Waals surface area contributed by atoms with Gasteiger partial charge in [0.1, 0.15) is 0 Å². The monoisotopic (exact) mass is 353 g/mol. The Labute approximate surface area is 153 Å². The molecule has 0 aliphatic carbocycles. The highest BCUT2D eigenvalue weighted by molar-refractivity contribution is 6.04. The van der Waals surface area contributed by atoms with Crippen LogP contribution < -0.4 is 10.2 Å². The highest BCUT2D eigenvalue weighted by atomic mass is 16.6. The minimum atomic E-state index is -0.447. The zero-order valence-electron chi connectivity index (χ0n) is 15.1. The van der Waals surface area contributed by atoms with Gasteiger partial charge in [0.15, 0.2) is 0 Å². The van der Waals surface area contributed by atoms with Crippen LogP contribution in [0.3, 0.4) is 0 Å². The molecule has 3 rings (SSSR count). The van der Waals surface area contributed by atoms with Gasteiger partial charge in [-0.05, 0) is 69.5 Å². The predicted molar refractivity (Wildman–Crippen MR) is 103 cm³/mol. The first-order valence-electron chi connectivity index (χ1n) is 8.89. The molecule has 0 bridgehead atoms. The Kier molecular flexibility index (Phi) is 5.21. The molecule has 2 aromatic rings. The SMILES string of the molecule is Cc1cc(C(=O)Nc2ccc(N3CCCC[C@@H]3C)cc2)ccc1[N+](=O)[O-]. The van der Waals surface area contributed by atoms with E-state index >= 15 is 0 Å². The lowest BCUT2D eigenvalue weighted by Crippen LogP contribution is -2.37. The molecule has 6 nitrogen and oxygen atoms in total. The first kappa shape index (κ1) is 17.9. The van der Waals surface area contributed by atoms with E-state index in [9.17, 15) is 14.9 Å². The summed E-state index contributed by atoms with van der Waals surface area (Å²) in [6.45, 7) is 4.93. The third kappa shape index (κ3) is 3.85. The molecule has 1 fully saturated rings. The van der Waals surface area contributed by atoms with Crippen molar-refractivity contribution < 1.29 is 9.72 Å². The number of hydrogen-bond donors (Lipinski definition) is 1. The smallest absolute Gasteiger partial charge is 0.272 e. The number of hydrogen-bond acceptors (Lipinski definition) is 4. The van der Waals surface area contributed by atoms with Crippen LogP contribution in [0.15, 0.2) is 42.5 Å². The van der Waals surface area contributed by atoms with Crippen molar-refractivity contribution in [3.63, 3.8) is 0 Å². The van der Waals surface area contributed by atoms with E-state index < -0.39 is 4.92 Å². The molecule has 2 aromatic carbocycles. The van der Waals surface area contributed by atoms with Crippen LogP contribution in [-0.2, 0) is 0 Å². The fourth-order valence-corrected chi connectivity index (χ4v) is 3.42. The van der Waals surface area contributed by atoms with Crippen molar-refractivity contribution in [1.82, 2.24) is 0 Å². The Balaban J connectivity index is 1.70. The number of nitro benzene ring substituents is 1. The molecule has 0 unspecified atom stereocenters. The molecule has 1 heterocycles. The number of amides is 1. The summed E-state index contributed by atoms with van der Waals surface area (Å²) in [6.07, 6.45) is 3.70. The fraction of sp³-hybridized carbons (Fsp3) is 0.350. The molecule has 0 radical (unpaired) electrons. The van der Waals surface area contributed by atoms with Gasteiger partial charge in [-0.25, -0.2) is 0 Å². The maximum atomic E-state index is 12.4. The number of nitrogens with one attached hydrogen (secondary N) is 1. The van der Waals surface area contributed by atoms with Gasteiger partial charge < -0.3 is 10.2 Å². The van der Waals surface area contributed by atoms with Crippen molar-refractivity contribution >= 4 is 23.0 Å². The van der Waals surface area contributed by atoms with Crippen LogP contribution in [0.5, 0.6) is 0 Å². The Morgan fingerprint density at radius 3 is 2.54 bits per heavy atom. The van der Waals surface area contributed by atoms with E-state index in [2.05, 4.69) is 17.1 Å². The van der Waals surface area contributed by atoms with Crippen molar-refractivity contribution in [3.05, 3.63) is 63.7 Å². The predicted octanol–water partition coefficient (Wildman–Crippen LogP) is 4.53. The molecule has 1 saturated heterocycles. The van der Waals surface area contributed by atoms with Crippen molar-refractivity contribution in [1.29, 1.82) is 0 Å². The Hall–Kier alpha value is -2.89. The summed E-state index contributed by atoms with van der Waals surface area (Å²) in [5.41, 5.74) is 2.77. The minimum Gasteiger partial charge on any atom is -0.369 e. The van der Waals surface area contributed by atoms with Crippen LogP contribution in [0, 0.1) is 17.0 Å². The van der Waals surface area contributed by atoms with Gasteiger partial charge in [-0.2, -0.15) is 0 Å².